The second-order valence-corrected chi connectivity index (χ2v) is 8.55. The van der Waals surface area contributed by atoms with Gasteiger partial charge in [0.1, 0.15) is 6.04 Å². The molecule has 7 nitrogen and oxygen atoms in total. The predicted molar refractivity (Wildman–Crippen MR) is 140 cm³/mol. The molecule has 0 aromatic heterocycles. The summed E-state index contributed by atoms with van der Waals surface area (Å²) in [5.41, 5.74) is 13.4. The molecule has 3 rings (SSSR count). The number of rotatable bonds is 11. The monoisotopic (exact) mass is 491 g/mol. The van der Waals surface area contributed by atoms with Crippen LogP contribution in [0.15, 0.2) is 89.9 Å². The molecule has 35 heavy (non-hydrogen) atoms. The molecule has 0 saturated heterocycles. The maximum absolute atomic E-state index is 13.6. The van der Waals surface area contributed by atoms with Crippen molar-refractivity contribution in [1.82, 2.24) is 10.6 Å². The molecule has 2 amide bonds. The van der Waals surface area contributed by atoms with Crippen LogP contribution in [0.2, 0.25) is 5.02 Å². The fourth-order valence-electron chi connectivity index (χ4n) is 3.73. The maximum Gasteiger partial charge on any atom is 0.242 e. The number of nitrogens with zero attached hydrogens (tertiary/aromatic N) is 1. The van der Waals surface area contributed by atoms with Crippen molar-refractivity contribution in [2.24, 2.45) is 16.5 Å². The van der Waals surface area contributed by atoms with Crippen LogP contribution in [-0.4, -0.2) is 30.4 Å². The normalized spacial score (nSPS) is 12.3. The number of carbonyl (C=O) groups is 2. The molecule has 8 heteroatoms. The molecule has 0 radical (unpaired) electrons. The van der Waals surface area contributed by atoms with Gasteiger partial charge < -0.3 is 22.1 Å². The van der Waals surface area contributed by atoms with Crippen molar-refractivity contribution < 1.29 is 9.59 Å². The Hall–Kier alpha value is -3.84. The number of aliphatic imine (C=N–C) groups is 1. The summed E-state index contributed by atoms with van der Waals surface area (Å²) in [4.78, 5) is 30.6. The van der Waals surface area contributed by atoms with Gasteiger partial charge in [0.15, 0.2) is 5.96 Å². The molecule has 0 aliphatic carbocycles. The van der Waals surface area contributed by atoms with E-state index < -0.39 is 12.0 Å². The number of guanidine groups is 1. The van der Waals surface area contributed by atoms with E-state index in [0.29, 0.717) is 31.0 Å². The molecular formula is C27H30ClN5O2. The number of nitrogens with one attached hydrogen (secondary N) is 2. The summed E-state index contributed by atoms with van der Waals surface area (Å²) in [6.07, 6.45) is 0.907. The van der Waals surface area contributed by atoms with Crippen molar-refractivity contribution in [2.45, 2.75) is 31.3 Å². The van der Waals surface area contributed by atoms with Crippen LogP contribution in [-0.2, 0) is 16.1 Å². The first-order valence-corrected chi connectivity index (χ1v) is 11.8. The second kappa shape index (κ2) is 13.2. The molecule has 6 N–H and O–H groups in total. The van der Waals surface area contributed by atoms with E-state index in [4.69, 9.17) is 23.1 Å². The van der Waals surface area contributed by atoms with Crippen molar-refractivity contribution in [3.8, 4) is 0 Å². The first-order valence-electron chi connectivity index (χ1n) is 11.4. The van der Waals surface area contributed by atoms with Gasteiger partial charge in [0, 0.05) is 18.1 Å². The van der Waals surface area contributed by atoms with Crippen molar-refractivity contribution in [1.29, 1.82) is 0 Å². The first kappa shape index (κ1) is 25.8. The van der Waals surface area contributed by atoms with Gasteiger partial charge >= 0.3 is 0 Å². The number of hydrogen-bond donors (Lipinski definition) is 4. The van der Waals surface area contributed by atoms with Crippen molar-refractivity contribution >= 4 is 29.4 Å². The van der Waals surface area contributed by atoms with E-state index in [-0.39, 0.29) is 17.8 Å². The molecule has 3 aromatic carbocycles. The van der Waals surface area contributed by atoms with Crippen molar-refractivity contribution in [3.05, 3.63) is 107 Å². The van der Waals surface area contributed by atoms with Gasteiger partial charge in [-0.1, -0.05) is 84.4 Å². The van der Waals surface area contributed by atoms with Crippen LogP contribution in [0.3, 0.4) is 0 Å². The lowest BCUT2D eigenvalue weighted by molar-refractivity contribution is -0.129. The summed E-state index contributed by atoms with van der Waals surface area (Å²) in [6.45, 7) is 0.721. The number of carbonyl (C=O) groups excluding carboxylic acids is 2. The molecular weight excluding hydrogens is 462 g/mol. The SMILES string of the molecule is NC(N)=NCCC[C@@H](NC(=O)C(c1ccccc1)c1ccc(Cl)cc1)C(=O)NCc1ccccc1. The first-order chi connectivity index (χ1) is 16.9. The molecule has 0 heterocycles. The fraction of sp³-hybridized carbons (Fsp3) is 0.222. The summed E-state index contributed by atoms with van der Waals surface area (Å²) < 4.78 is 0. The van der Waals surface area contributed by atoms with Crippen LogP contribution < -0.4 is 22.1 Å². The van der Waals surface area contributed by atoms with E-state index in [1.807, 2.05) is 72.8 Å². The third kappa shape index (κ3) is 8.15. The minimum absolute atomic E-state index is 0.00834. The van der Waals surface area contributed by atoms with Gasteiger partial charge in [-0.15, -0.1) is 0 Å². The van der Waals surface area contributed by atoms with E-state index in [1.165, 1.54) is 0 Å². The summed E-state index contributed by atoms with van der Waals surface area (Å²) in [6, 6.07) is 25.4. The number of benzene rings is 3. The highest BCUT2D eigenvalue weighted by molar-refractivity contribution is 6.30. The summed E-state index contributed by atoms with van der Waals surface area (Å²) in [7, 11) is 0. The van der Waals surface area contributed by atoms with E-state index in [1.54, 1.807) is 12.1 Å². The average molecular weight is 492 g/mol. The Morgan fingerprint density at radius 1 is 0.829 bits per heavy atom. The fourth-order valence-corrected chi connectivity index (χ4v) is 3.86. The lowest BCUT2D eigenvalue weighted by Crippen LogP contribution is -2.48. The smallest absolute Gasteiger partial charge is 0.242 e. The number of amides is 2. The van der Waals surface area contributed by atoms with Gasteiger partial charge in [0.25, 0.3) is 0 Å². The topological polar surface area (TPSA) is 123 Å². The van der Waals surface area contributed by atoms with Gasteiger partial charge in [-0.3, -0.25) is 14.6 Å². The largest absolute Gasteiger partial charge is 0.370 e. The summed E-state index contributed by atoms with van der Waals surface area (Å²) in [5.74, 6) is -1.16. The van der Waals surface area contributed by atoms with E-state index in [0.717, 1.165) is 16.7 Å². The highest BCUT2D eigenvalue weighted by atomic mass is 35.5. The van der Waals surface area contributed by atoms with Gasteiger partial charge in [0.2, 0.25) is 11.8 Å². The van der Waals surface area contributed by atoms with Crippen LogP contribution in [0.25, 0.3) is 0 Å². The van der Waals surface area contributed by atoms with E-state index >= 15 is 0 Å². The Morgan fingerprint density at radius 3 is 2.06 bits per heavy atom. The third-order valence-electron chi connectivity index (χ3n) is 5.49. The Labute approximate surface area is 210 Å². The highest BCUT2D eigenvalue weighted by Crippen LogP contribution is 2.26. The highest BCUT2D eigenvalue weighted by Gasteiger charge is 2.27. The standard InChI is InChI=1S/C27H30ClN5O2/c28-22-15-13-21(14-16-22)24(20-10-5-2-6-11-20)26(35)33-23(12-7-17-31-27(29)30)25(34)32-18-19-8-3-1-4-9-19/h1-6,8-11,13-16,23-24H,7,12,17-18H2,(H,32,34)(H,33,35)(H4,29,30,31)/t23-,24?/m1/s1. The molecule has 0 bridgehead atoms. The number of halogens is 1. The van der Waals surface area contributed by atoms with Gasteiger partial charge in [-0.05, 0) is 41.7 Å². The Bertz CT molecular complexity index is 1120. The molecule has 182 valence electrons. The number of nitrogens with two attached hydrogens (primary N) is 2. The van der Waals surface area contributed by atoms with Gasteiger partial charge in [-0.25, -0.2) is 0 Å². The van der Waals surface area contributed by atoms with Crippen LogP contribution >= 0.6 is 11.6 Å². The van der Waals surface area contributed by atoms with Crippen LogP contribution in [0.1, 0.15) is 35.4 Å². The minimum atomic E-state index is -0.751. The summed E-state index contributed by atoms with van der Waals surface area (Å²) in [5, 5.41) is 6.46. The van der Waals surface area contributed by atoms with Gasteiger partial charge in [0.05, 0.1) is 5.92 Å². The maximum atomic E-state index is 13.6. The second-order valence-electron chi connectivity index (χ2n) is 8.11. The molecule has 0 aliphatic rings. The molecule has 0 saturated carbocycles. The van der Waals surface area contributed by atoms with E-state index in [2.05, 4.69) is 15.6 Å². The molecule has 0 spiro atoms. The van der Waals surface area contributed by atoms with Crippen LogP contribution in [0.5, 0.6) is 0 Å². The Morgan fingerprint density at radius 2 is 1.43 bits per heavy atom. The molecule has 2 atom stereocenters. The van der Waals surface area contributed by atoms with Crippen molar-refractivity contribution in [3.63, 3.8) is 0 Å². The van der Waals surface area contributed by atoms with Gasteiger partial charge in [-0.2, -0.15) is 0 Å². The Kier molecular flexibility index (Phi) is 9.69. The third-order valence-corrected chi connectivity index (χ3v) is 5.74. The minimum Gasteiger partial charge on any atom is -0.370 e. The van der Waals surface area contributed by atoms with E-state index in [9.17, 15) is 9.59 Å². The quantitative estimate of drug-likeness (QED) is 0.186. The zero-order valence-electron chi connectivity index (χ0n) is 19.4. The predicted octanol–water partition coefficient (Wildman–Crippen LogP) is 3.33. The molecule has 0 aliphatic heterocycles. The van der Waals surface area contributed by atoms with Crippen LogP contribution in [0, 0.1) is 0 Å². The molecule has 1 unspecified atom stereocenters. The van der Waals surface area contributed by atoms with Crippen molar-refractivity contribution in [2.75, 3.05) is 6.54 Å². The Balaban J connectivity index is 1.79. The average Bonchev–Trinajstić information content (AvgIpc) is 2.87. The zero-order chi connectivity index (χ0) is 25.0. The lowest BCUT2D eigenvalue weighted by atomic mass is 9.90. The molecule has 0 fully saturated rings. The van der Waals surface area contributed by atoms with Crippen LogP contribution in [0.4, 0.5) is 0 Å². The number of hydrogen-bond acceptors (Lipinski definition) is 3. The summed E-state index contributed by atoms with van der Waals surface area (Å²) >= 11 is 6.06. The lowest BCUT2D eigenvalue weighted by Gasteiger charge is -2.23. The molecule has 3 aromatic rings. The zero-order valence-corrected chi connectivity index (χ0v) is 20.1.